The summed E-state index contributed by atoms with van der Waals surface area (Å²) in [5.74, 6) is -2.38. The van der Waals surface area contributed by atoms with Crippen molar-refractivity contribution in [3.8, 4) is 0 Å². The van der Waals surface area contributed by atoms with Crippen LogP contribution in [0.1, 0.15) is 78.6 Å². The van der Waals surface area contributed by atoms with Crippen LogP contribution in [0.2, 0.25) is 0 Å². The summed E-state index contributed by atoms with van der Waals surface area (Å²) in [6.07, 6.45) is 6.54. The predicted molar refractivity (Wildman–Crippen MR) is 107 cm³/mol. The number of allylic oxidation sites excluding steroid dienone is 1. The maximum atomic E-state index is 12.2. The molecule has 0 aromatic heterocycles. The van der Waals surface area contributed by atoms with Gasteiger partial charge in [0.15, 0.2) is 6.10 Å². The Kier molecular flexibility index (Phi) is 10.0. The zero-order chi connectivity index (χ0) is 21.3. The Labute approximate surface area is 168 Å². The van der Waals surface area contributed by atoms with E-state index in [4.69, 9.17) is 5.11 Å². The first kappa shape index (κ1) is 24.5. The Balaban J connectivity index is 2.58. The molecule has 0 spiro atoms. The monoisotopic (exact) mass is 396 g/mol. The molecule has 1 unspecified atom stereocenters. The fraction of sp³-hybridized carbons (Fsp3) is 0.773. The molecule has 6 heteroatoms. The molecule has 0 amide bonds. The normalized spacial score (nSPS) is 24.0. The second-order valence-corrected chi connectivity index (χ2v) is 8.81. The summed E-state index contributed by atoms with van der Waals surface area (Å²) < 4.78 is 0. The zero-order valence-corrected chi connectivity index (χ0v) is 17.4. The number of hydrogen-bond donors (Lipinski definition) is 3. The molecule has 1 saturated carbocycles. The molecule has 0 aliphatic heterocycles. The molecule has 3 N–H and O–H groups in total. The highest BCUT2D eigenvalue weighted by Gasteiger charge is 2.40. The lowest BCUT2D eigenvalue weighted by Crippen LogP contribution is -2.22. The molecule has 0 saturated heterocycles. The lowest BCUT2D eigenvalue weighted by atomic mass is 9.82. The lowest BCUT2D eigenvalue weighted by Gasteiger charge is -2.23. The number of carbonyl (C=O) groups excluding carboxylic acids is 2. The van der Waals surface area contributed by atoms with Crippen LogP contribution in [0.25, 0.3) is 0 Å². The van der Waals surface area contributed by atoms with Gasteiger partial charge in [0.05, 0.1) is 6.10 Å². The van der Waals surface area contributed by atoms with E-state index in [1.165, 1.54) is 6.42 Å². The highest BCUT2D eigenvalue weighted by atomic mass is 16.4. The summed E-state index contributed by atoms with van der Waals surface area (Å²) in [6.45, 7) is 6.57. The molecule has 0 bridgehead atoms. The number of rotatable bonds is 13. The Bertz CT molecular complexity index is 565. The van der Waals surface area contributed by atoms with Gasteiger partial charge in [-0.25, -0.2) is 4.79 Å². The van der Waals surface area contributed by atoms with Crippen LogP contribution in [0.5, 0.6) is 0 Å². The number of aliphatic hydroxyl groups excluding tert-OH is 2. The molecule has 1 fully saturated rings. The van der Waals surface area contributed by atoms with Crippen molar-refractivity contribution in [3.63, 3.8) is 0 Å². The van der Waals surface area contributed by atoms with Gasteiger partial charge in [-0.05, 0) is 31.1 Å². The first-order valence-electron chi connectivity index (χ1n) is 10.4. The third-order valence-corrected chi connectivity index (χ3v) is 5.63. The van der Waals surface area contributed by atoms with Crippen LogP contribution in [0.15, 0.2) is 12.2 Å². The SMILES string of the molecule is CCCCC(C)(C)C/C=C/[C@H]1[C@H](O)CC(=O)[C@@H]1CC(=O)CCCC(O)C(=O)O. The van der Waals surface area contributed by atoms with Crippen molar-refractivity contribution in [3.05, 3.63) is 12.2 Å². The molecule has 0 aromatic carbocycles. The topological polar surface area (TPSA) is 112 Å². The van der Waals surface area contributed by atoms with Gasteiger partial charge < -0.3 is 15.3 Å². The first-order valence-corrected chi connectivity index (χ1v) is 10.4. The Morgan fingerprint density at radius 3 is 2.57 bits per heavy atom. The molecular formula is C22H36O6. The smallest absolute Gasteiger partial charge is 0.332 e. The molecule has 0 aromatic rings. The minimum absolute atomic E-state index is 0.0124. The van der Waals surface area contributed by atoms with E-state index in [1.54, 1.807) is 0 Å². The summed E-state index contributed by atoms with van der Waals surface area (Å²) in [5.41, 5.74) is 0.163. The fourth-order valence-corrected chi connectivity index (χ4v) is 3.75. The van der Waals surface area contributed by atoms with Gasteiger partial charge in [-0.2, -0.15) is 0 Å². The minimum Gasteiger partial charge on any atom is -0.479 e. The third kappa shape index (κ3) is 8.23. The van der Waals surface area contributed by atoms with E-state index in [0.29, 0.717) is 0 Å². The van der Waals surface area contributed by atoms with Crippen molar-refractivity contribution in [2.45, 2.75) is 90.8 Å². The van der Waals surface area contributed by atoms with E-state index >= 15 is 0 Å². The maximum absolute atomic E-state index is 12.2. The van der Waals surface area contributed by atoms with E-state index in [9.17, 15) is 24.6 Å². The molecule has 1 aliphatic carbocycles. The molecule has 0 heterocycles. The lowest BCUT2D eigenvalue weighted by molar-refractivity contribution is -0.147. The number of carbonyl (C=O) groups is 3. The first-order chi connectivity index (χ1) is 13.1. The van der Waals surface area contributed by atoms with E-state index in [-0.39, 0.29) is 55.0 Å². The number of ketones is 2. The van der Waals surface area contributed by atoms with Crippen LogP contribution < -0.4 is 0 Å². The van der Waals surface area contributed by atoms with Gasteiger partial charge in [-0.15, -0.1) is 0 Å². The van der Waals surface area contributed by atoms with Gasteiger partial charge in [0.2, 0.25) is 0 Å². The van der Waals surface area contributed by atoms with Crippen molar-refractivity contribution in [2.75, 3.05) is 0 Å². The number of unbranched alkanes of at least 4 members (excludes halogenated alkanes) is 1. The number of carboxylic acid groups (broad SMARTS) is 1. The Morgan fingerprint density at radius 1 is 1.29 bits per heavy atom. The van der Waals surface area contributed by atoms with Crippen molar-refractivity contribution in [2.24, 2.45) is 17.3 Å². The molecule has 1 rings (SSSR count). The summed E-state index contributed by atoms with van der Waals surface area (Å²) >= 11 is 0. The largest absolute Gasteiger partial charge is 0.479 e. The van der Waals surface area contributed by atoms with Gasteiger partial charge >= 0.3 is 5.97 Å². The van der Waals surface area contributed by atoms with Gasteiger partial charge in [-0.3, -0.25) is 9.59 Å². The number of Topliss-reactive ketones (excluding diaryl/α,β-unsaturated/α-hetero) is 2. The second-order valence-electron chi connectivity index (χ2n) is 8.81. The van der Waals surface area contributed by atoms with E-state index in [0.717, 1.165) is 19.3 Å². The van der Waals surface area contributed by atoms with Gasteiger partial charge in [0.25, 0.3) is 0 Å². The van der Waals surface area contributed by atoms with Crippen LogP contribution in [0, 0.1) is 17.3 Å². The molecule has 6 nitrogen and oxygen atoms in total. The molecule has 28 heavy (non-hydrogen) atoms. The molecule has 0 radical (unpaired) electrons. The van der Waals surface area contributed by atoms with Crippen LogP contribution in [-0.2, 0) is 14.4 Å². The standard InChI is InChI=1S/C22H36O6/c1-4-5-11-22(2,3)12-7-9-16-17(20(26)14-19(16)25)13-15(23)8-6-10-18(24)21(27)28/h7,9,16-19,24-25H,4-6,8,10-14H2,1-3H3,(H,27,28)/b9-7+/t16-,17-,18?,19-/m1/s1. The molecule has 4 atom stereocenters. The van der Waals surface area contributed by atoms with Gasteiger partial charge in [0, 0.05) is 31.1 Å². The highest BCUT2D eigenvalue weighted by molar-refractivity contribution is 5.90. The minimum atomic E-state index is -1.46. The van der Waals surface area contributed by atoms with E-state index in [1.807, 2.05) is 12.2 Å². The zero-order valence-electron chi connectivity index (χ0n) is 17.4. The average molecular weight is 397 g/mol. The van der Waals surface area contributed by atoms with Crippen molar-refractivity contribution >= 4 is 17.5 Å². The van der Waals surface area contributed by atoms with Crippen LogP contribution >= 0.6 is 0 Å². The number of carboxylic acids is 1. The third-order valence-electron chi connectivity index (χ3n) is 5.63. The summed E-state index contributed by atoms with van der Waals surface area (Å²) in [4.78, 5) is 35.0. The van der Waals surface area contributed by atoms with E-state index in [2.05, 4.69) is 20.8 Å². The van der Waals surface area contributed by atoms with Gasteiger partial charge in [0.1, 0.15) is 11.6 Å². The summed E-state index contributed by atoms with van der Waals surface area (Å²) in [5, 5.41) is 28.1. The fourth-order valence-electron chi connectivity index (χ4n) is 3.75. The summed E-state index contributed by atoms with van der Waals surface area (Å²) in [7, 11) is 0. The second kappa shape index (κ2) is 11.5. The quantitative estimate of drug-likeness (QED) is 0.412. The molecular weight excluding hydrogens is 360 g/mol. The summed E-state index contributed by atoms with van der Waals surface area (Å²) in [6, 6.07) is 0. The van der Waals surface area contributed by atoms with Crippen molar-refractivity contribution in [1.82, 2.24) is 0 Å². The average Bonchev–Trinajstić information content (AvgIpc) is 2.86. The van der Waals surface area contributed by atoms with E-state index < -0.39 is 24.1 Å². The van der Waals surface area contributed by atoms with Crippen LogP contribution in [-0.4, -0.2) is 45.1 Å². The number of hydrogen-bond acceptors (Lipinski definition) is 5. The Hall–Kier alpha value is -1.53. The highest BCUT2D eigenvalue weighted by Crippen LogP contribution is 2.35. The van der Waals surface area contributed by atoms with Crippen LogP contribution in [0.3, 0.4) is 0 Å². The predicted octanol–water partition coefficient (Wildman–Crippen LogP) is 3.29. The number of aliphatic carboxylic acids is 1. The van der Waals surface area contributed by atoms with Crippen LogP contribution in [0.4, 0.5) is 0 Å². The number of aliphatic hydroxyl groups is 2. The Morgan fingerprint density at radius 2 is 1.96 bits per heavy atom. The molecule has 160 valence electrons. The van der Waals surface area contributed by atoms with Crippen molar-refractivity contribution in [1.29, 1.82) is 0 Å². The maximum Gasteiger partial charge on any atom is 0.332 e. The van der Waals surface area contributed by atoms with Gasteiger partial charge in [-0.1, -0.05) is 45.8 Å². The molecule has 1 aliphatic rings. The van der Waals surface area contributed by atoms with Crippen molar-refractivity contribution < 1.29 is 29.7 Å².